The molecule has 3 atom stereocenters. The summed E-state index contributed by atoms with van der Waals surface area (Å²) < 4.78 is 6.25. The molecule has 3 unspecified atom stereocenters. The van der Waals surface area contributed by atoms with E-state index in [4.69, 9.17) is 16.3 Å². The SMILES string of the molecule is CN1CCC23NC(=O)CC(c4cc(Cl)ccc4O2)C3C1.Cl. The molecule has 4 rings (SSSR count). The highest BCUT2D eigenvalue weighted by molar-refractivity contribution is 6.30. The largest absolute Gasteiger partial charge is 0.467 e. The van der Waals surface area contributed by atoms with Crippen LogP contribution in [0.2, 0.25) is 5.02 Å². The van der Waals surface area contributed by atoms with E-state index < -0.39 is 5.72 Å². The number of halogens is 2. The lowest BCUT2D eigenvalue weighted by Crippen LogP contribution is -2.69. The third kappa shape index (κ3) is 2.20. The Bertz CT molecular complexity index is 595. The van der Waals surface area contributed by atoms with E-state index in [2.05, 4.69) is 17.3 Å². The molecule has 3 aliphatic rings. The van der Waals surface area contributed by atoms with Gasteiger partial charge < -0.3 is 15.0 Å². The summed E-state index contributed by atoms with van der Waals surface area (Å²) in [6.07, 6.45) is 1.36. The summed E-state index contributed by atoms with van der Waals surface area (Å²) in [7, 11) is 2.12. The quantitative estimate of drug-likeness (QED) is 0.795. The first-order valence-corrected chi connectivity index (χ1v) is 7.43. The molecule has 0 aromatic heterocycles. The van der Waals surface area contributed by atoms with Crippen LogP contribution < -0.4 is 10.1 Å². The lowest BCUT2D eigenvalue weighted by molar-refractivity contribution is -0.152. The van der Waals surface area contributed by atoms with E-state index in [0.717, 1.165) is 30.8 Å². The molecule has 21 heavy (non-hydrogen) atoms. The topological polar surface area (TPSA) is 41.6 Å². The molecule has 0 radical (unpaired) electrons. The van der Waals surface area contributed by atoms with Gasteiger partial charge in [-0.25, -0.2) is 0 Å². The molecule has 0 spiro atoms. The van der Waals surface area contributed by atoms with Crippen LogP contribution in [0.1, 0.15) is 24.3 Å². The maximum Gasteiger partial charge on any atom is 0.223 e. The molecule has 3 aliphatic heterocycles. The van der Waals surface area contributed by atoms with E-state index in [1.165, 1.54) is 0 Å². The number of piperidine rings is 2. The maximum atomic E-state index is 12.1. The number of nitrogens with zero attached hydrogens (tertiary/aromatic N) is 1. The molecule has 2 fully saturated rings. The molecule has 4 nitrogen and oxygen atoms in total. The van der Waals surface area contributed by atoms with Gasteiger partial charge in [-0.1, -0.05) is 11.6 Å². The van der Waals surface area contributed by atoms with Gasteiger partial charge in [-0.2, -0.15) is 0 Å². The van der Waals surface area contributed by atoms with Gasteiger partial charge in [0.15, 0.2) is 5.72 Å². The zero-order valence-corrected chi connectivity index (χ0v) is 13.3. The molecule has 1 aromatic carbocycles. The van der Waals surface area contributed by atoms with Gasteiger partial charge >= 0.3 is 0 Å². The Balaban J connectivity index is 0.00000132. The number of hydrogen-bond donors (Lipinski definition) is 1. The van der Waals surface area contributed by atoms with Gasteiger partial charge in [-0.15, -0.1) is 12.4 Å². The molecule has 114 valence electrons. The molecule has 1 aromatic rings. The van der Waals surface area contributed by atoms with Gasteiger partial charge in [0.05, 0.1) is 0 Å². The van der Waals surface area contributed by atoms with Crippen LogP contribution in [0.25, 0.3) is 0 Å². The molecule has 3 heterocycles. The maximum absolute atomic E-state index is 12.1. The highest BCUT2D eigenvalue weighted by Gasteiger charge is 2.56. The minimum Gasteiger partial charge on any atom is -0.467 e. The number of carbonyl (C=O) groups excluding carboxylic acids is 1. The molecule has 0 aliphatic carbocycles. The zero-order chi connectivity index (χ0) is 13.9. The number of benzene rings is 1. The average Bonchev–Trinajstić information content (AvgIpc) is 2.40. The lowest BCUT2D eigenvalue weighted by atomic mass is 9.69. The standard InChI is InChI=1S/C15H17ClN2O2.ClH/c1-18-5-4-15-12(8-18)10(7-14(19)17-15)11-6-9(16)2-3-13(11)20-15;/h2-3,6,10,12H,4-5,7-8H2,1H3,(H,17,19);1H. The first-order valence-electron chi connectivity index (χ1n) is 7.05. The van der Waals surface area contributed by atoms with Crippen LogP contribution in [0.5, 0.6) is 5.75 Å². The molecule has 2 bridgehead atoms. The van der Waals surface area contributed by atoms with Crippen LogP contribution >= 0.6 is 24.0 Å². The minimum atomic E-state index is -0.520. The number of rotatable bonds is 0. The van der Waals surface area contributed by atoms with Crippen LogP contribution in [0.3, 0.4) is 0 Å². The Kier molecular flexibility index (Phi) is 3.59. The van der Waals surface area contributed by atoms with Crippen molar-refractivity contribution in [1.82, 2.24) is 10.2 Å². The average molecular weight is 329 g/mol. The van der Waals surface area contributed by atoms with Crippen molar-refractivity contribution in [1.29, 1.82) is 0 Å². The summed E-state index contributed by atoms with van der Waals surface area (Å²) >= 11 is 6.13. The van der Waals surface area contributed by atoms with Crippen molar-refractivity contribution in [2.75, 3.05) is 20.1 Å². The van der Waals surface area contributed by atoms with Crippen molar-refractivity contribution in [3.63, 3.8) is 0 Å². The third-order valence-corrected chi connectivity index (χ3v) is 5.11. The van der Waals surface area contributed by atoms with Gasteiger partial charge in [-0.05, 0) is 30.8 Å². The van der Waals surface area contributed by atoms with Gasteiger partial charge in [0.25, 0.3) is 0 Å². The van der Waals surface area contributed by atoms with E-state index in [-0.39, 0.29) is 24.2 Å². The highest BCUT2D eigenvalue weighted by Crippen LogP contribution is 2.51. The Morgan fingerprint density at radius 2 is 2.29 bits per heavy atom. The van der Waals surface area contributed by atoms with Gasteiger partial charge in [0.2, 0.25) is 5.91 Å². The summed E-state index contributed by atoms with van der Waals surface area (Å²) in [5.41, 5.74) is 0.566. The summed E-state index contributed by atoms with van der Waals surface area (Å²) in [5, 5.41) is 3.82. The Hall–Kier alpha value is -0.970. The second-order valence-corrected chi connectivity index (χ2v) is 6.59. The fourth-order valence-corrected chi connectivity index (χ4v) is 4.11. The number of nitrogens with one attached hydrogen (secondary N) is 1. The first-order chi connectivity index (χ1) is 9.57. The van der Waals surface area contributed by atoms with Gasteiger partial charge in [0, 0.05) is 42.8 Å². The fraction of sp³-hybridized carbons (Fsp3) is 0.533. The molecule has 6 heteroatoms. The summed E-state index contributed by atoms with van der Waals surface area (Å²) in [5.74, 6) is 1.46. The Morgan fingerprint density at radius 3 is 3.10 bits per heavy atom. The Labute approximate surface area is 135 Å². The number of likely N-dealkylation sites (tertiary alicyclic amines) is 1. The first kappa shape index (κ1) is 14.9. The molecule has 2 saturated heterocycles. The summed E-state index contributed by atoms with van der Waals surface area (Å²) in [4.78, 5) is 14.4. The number of fused-ring (bicyclic) bond motifs is 2. The molecule has 1 N–H and O–H groups in total. The van der Waals surface area contributed by atoms with Crippen molar-refractivity contribution >= 4 is 29.9 Å². The highest BCUT2D eigenvalue weighted by atomic mass is 35.5. The predicted octanol–water partition coefficient (Wildman–Crippen LogP) is 2.41. The fourth-order valence-electron chi connectivity index (χ4n) is 3.93. The van der Waals surface area contributed by atoms with Crippen LogP contribution in [-0.2, 0) is 4.79 Å². The minimum absolute atomic E-state index is 0. The number of carbonyl (C=O) groups is 1. The van der Waals surface area contributed by atoms with Crippen molar-refractivity contribution in [2.45, 2.75) is 24.5 Å². The van der Waals surface area contributed by atoms with Crippen molar-refractivity contribution in [3.8, 4) is 5.75 Å². The van der Waals surface area contributed by atoms with Crippen LogP contribution in [0.15, 0.2) is 18.2 Å². The van der Waals surface area contributed by atoms with Crippen molar-refractivity contribution in [3.05, 3.63) is 28.8 Å². The van der Waals surface area contributed by atoms with E-state index in [1.807, 2.05) is 18.2 Å². The second-order valence-electron chi connectivity index (χ2n) is 6.15. The molecule has 1 amide bonds. The summed E-state index contributed by atoms with van der Waals surface area (Å²) in [6, 6.07) is 5.74. The predicted molar refractivity (Wildman–Crippen MR) is 83.2 cm³/mol. The van der Waals surface area contributed by atoms with Crippen molar-refractivity contribution < 1.29 is 9.53 Å². The monoisotopic (exact) mass is 328 g/mol. The van der Waals surface area contributed by atoms with Crippen molar-refractivity contribution in [2.24, 2.45) is 5.92 Å². The second kappa shape index (κ2) is 5.04. The van der Waals surface area contributed by atoms with Gasteiger partial charge in [0.1, 0.15) is 5.75 Å². The van der Waals surface area contributed by atoms with E-state index in [1.54, 1.807) is 0 Å². The molecular weight excluding hydrogens is 311 g/mol. The van der Waals surface area contributed by atoms with E-state index >= 15 is 0 Å². The lowest BCUT2D eigenvalue weighted by Gasteiger charge is -2.55. The number of amides is 1. The van der Waals surface area contributed by atoms with Crippen LogP contribution in [0, 0.1) is 5.92 Å². The van der Waals surface area contributed by atoms with E-state index in [0.29, 0.717) is 17.4 Å². The molecular formula is C15H18Cl2N2O2. The smallest absolute Gasteiger partial charge is 0.223 e. The zero-order valence-electron chi connectivity index (χ0n) is 11.8. The van der Waals surface area contributed by atoms with Crippen LogP contribution in [-0.4, -0.2) is 36.7 Å². The van der Waals surface area contributed by atoms with Gasteiger partial charge in [-0.3, -0.25) is 4.79 Å². The summed E-state index contributed by atoms with van der Waals surface area (Å²) in [6.45, 7) is 1.88. The third-order valence-electron chi connectivity index (χ3n) is 4.88. The Morgan fingerprint density at radius 1 is 1.48 bits per heavy atom. The molecule has 0 saturated carbocycles. The normalized spacial score (nSPS) is 33.9. The van der Waals surface area contributed by atoms with E-state index in [9.17, 15) is 4.79 Å². The number of ether oxygens (including phenoxy) is 1. The van der Waals surface area contributed by atoms with Crippen LogP contribution in [0.4, 0.5) is 0 Å². The number of hydrogen-bond acceptors (Lipinski definition) is 3.